The Morgan fingerprint density at radius 3 is 2.74 bits per heavy atom. The van der Waals surface area contributed by atoms with Crippen LogP contribution in [0.15, 0.2) is 22.7 Å². The van der Waals surface area contributed by atoms with E-state index in [1.807, 2.05) is 0 Å². The second kappa shape index (κ2) is 6.91. The maximum Gasteiger partial charge on any atom is 0.335 e. The Morgan fingerprint density at radius 1 is 1.37 bits per heavy atom. The van der Waals surface area contributed by atoms with Crippen LogP contribution in [0.5, 0.6) is 5.75 Å². The van der Waals surface area contributed by atoms with Gasteiger partial charge < -0.3 is 14.7 Å². The number of rotatable bonds is 6. The van der Waals surface area contributed by atoms with E-state index in [0.717, 1.165) is 13.0 Å². The molecule has 0 bridgehead atoms. The zero-order chi connectivity index (χ0) is 13.7. The number of ether oxygens (including phenoxy) is 1. The molecule has 19 heavy (non-hydrogen) atoms. The van der Waals surface area contributed by atoms with E-state index < -0.39 is 5.97 Å². The SMILES string of the molecule is O=C(O)c1ccc(OCCCN2CCCC2)c(Br)c1. The molecule has 1 N–H and O–H groups in total. The average Bonchev–Trinajstić information content (AvgIpc) is 2.89. The van der Waals surface area contributed by atoms with Gasteiger partial charge >= 0.3 is 5.97 Å². The third kappa shape index (κ3) is 4.21. The van der Waals surface area contributed by atoms with Gasteiger partial charge in [0.15, 0.2) is 0 Å². The molecule has 1 aromatic carbocycles. The largest absolute Gasteiger partial charge is 0.492 e. The van der Waals surface area contributed by atoms with Crippen molar-refractivity contribution < 1.29 is 14.6 Å². The number of nitrogens with zero attached hydrogens (tertiary/aromatic N) is 1. The highest BCUT2D eigenvalue weighted by atomic mass is 79.9. The molecular formula is C14H18BrNO3. The molecule has 104 valence electrons. The Hall–Kier alpha value is -1.07. The third-order valence-corrected chi connectivity index (χ3v) is 3.87. The summed E-state index contributed by atoms with van der Waals surface area (Å²) in [5, 5.41) is 8.87. The fraction of sp³-hybridized carbons (Fsp3) is 0.500. The van der Waals surface area contributed by atoms with Crippen molar-refractivity contribution in [3.05, 3.63) is 28.2 Å². The molecule has 2 rings (SSSR count). The molecule has 1 aliphatic heterocycles. The molecule has 1 fully saturated rings. The molecule has 1 heterocycles. The second-order valence-corrected chi connectivity index (χ2v) is 5.56. The van der Waals surface area contributed by atoms with Crippen LogP contribution in [0.25, 0.3) is 0 Å². The van der Waals surface area contributed by atoms with Crippen LogP contribution in [0.3, 0.4) is 0 Å². The lowest BCUT2D eigenvalue weighted by Gasteiger charge is -2.14. The number of benzene rings is 1. The summed E-state index contributed by atoms with van der Waals surface area (Å²) in [5.41, 5.74) is 0.260. The quantitative estimate of drug-likeness (QED) is 0.816. The summed E-state index contributed by atoms with van der Waals surface area (Å²) in [4.78, 5) is 13.3. The van der Waals surface area contributed by atoms with Gasteiger partial charge in [0, 0.05) is 6.54 Å². The van der Waals surface area contributed by atoms with Crippen LogP contribution >= 0.6 is 15.9 Å². The molecular weight excluding hydrogens is 310 g/mol. The van der Waals surface area contributed by atoms with Crippen molar-refractivity contribution in [1.29, 1.82) is 0 Å². The topological polar surface area (TPSA) is 49.8 Å². The zero-order valence-corrected chi connectivity index (χ0v) is 12.4. The number of carboxylic acid groups (broad SMARTS) is 1. The summed E-state index contributed by atoms with van der Waals surface area (Å²) in [7, 11) is 0. The molecule has 0 radical (unpaired) electrons. The predicted octanol–water partition coefficient (Wildman–Crippen LogP) is 3.01. The summed E-state index contributed by atoms with van der Waals surface area (Å²) < 4.78 is 6.35. The average molecular weight is 328 g/mol. The van der Waals surface area contributed by atoms with E-state index >= 15 is 0 Å². The minimum Gasteiger partial charge on any atom is -0.492 e. The zero-order valence-electron chi connectivity index (χ0n) is 10.8. The normalized spacial score (nSPS) is 15.6. The van der Waals surface area contributed by atoms with Gasteiger partial charge in [-0.2, -0.15) is 0 Å². The molecule has 4 nitrogen and oxygen atoms in total. The molecule has 0 unspecified atom stereocenters. The van der Waals surface area contributed by atoms with E-state index in [0.29, 0.717) is 16.8 Å². The van der Waals surface area contributed by atoms with E-state index in [4.69, 9.17) is 9.84 Å². The molecule has 5 heteroatoms. The summed E-state index contributed by atoms with van der Waals surface area (Å²) in [6.45, 7) is 4.14. The summed E-state index contributed by atoms with van der Waals surface area (Å²) in [5.74, 6) is -0.229. The van der Waals surface area contributed by atoms with Crippen LogP contribution in [0, 0.1) is 0 Å². The van der Waals surface area contributed by atoms with Crippen LogP contribution < -0.4 is 4.74 Å². The van der Waals surface area contributed by atoms with Crippen LogP contribution in [0.2, 0.25) is 0 Å². The number of hydrogen-bond acceptors (Lipinski definition) is 3. The van der Waals surface area contributed by atoms with Gasteiger partial charge in [-0.3, -0.25) is 0 Å². The predicted molar refractivity (Wildman–Crippen MR) is 76.9 cm³/mol. The van der Waals surface area contributed by atoms with Gasteiger partial charge in [0.05, 0.1) is 16.6 Å². The number of halogens is 1. The van der Waals surface area contributed by atoms with Crippen molar-refractivity contribution in [1.82, 2.24) is 4.90 Å². The first kappa shape index (κ1) is 14.3. The van der Waals surface area contributed by atoms with E-state index in [1.54, 1.807) is 18.2 Å². The van der Waals surface area contributed by atoms with Crippen molar-refractivity contribution >= 4 is 21.9 Å². The van der Waals surface area contributed by atoms with Crippen molar-refractivity contribution in [2.75, 3.05) is 26.2 Å². The van der Waals surface area contributed by atoms with Crippen molar-refractivity contribution in [2.24, 2.45) is 0 Å². The lowest BCUT2D eigenvalue weighted by Crippen LogP contribution is -2.21. The van der Waals surface area contributed by atoms with Crippen LogP contribution in [-0.4, -0.2) is 42.2 Å². The van der Waals surface area contributed by atoms with Gasteiger partial charge in [0.1, 0.15) is 5.75 Å². The van der Waals surface area contributed by atoms with Crippen molar-refractivity contribution in [3.63, 3.8) is 0 Å². The lowest BCUT2D eigenvalue weighted by atomic mass is 10.2. The third-order valence-electron chi connectivity index (χ3n) is 3.25. The Bertz CT molecular complexity index is 444. The fourth-order valence-electron chi connectivity index (χ4n) is 2.23. The van der Waals surface area contributed by atoms with Gasteiger partial charge in [0.25, 0.3) is 0 Å². The molecule has 0 amide bonds. The first-order valence-electron chi connectivity index (χ1n) is 6.55. The van der Waals surface area contributed by atoms with E-state index in [2.05, 4.69) is 20.8 Å². The smallest absolute Gasteiger partial charge is 0.335 e. The molecule has 0 spiro atoms. The summed E-state index contributed by atoms with van der Waals surface area (Å²) >= 11 is 3.34. The lowest BCUT2D eigenvalue weighted by molar-refractivity contribution is 0.0697. The highest BCUT2D eigenvalue weighted by molar-refractivity contribution is 9.10. The number of likely N-dealkylation sites (tertiary alicyclic amines) is 1. The van der Waals surface area contributed by atoms with E-state index in [9.17, 15) is 4.79 Å². The standard InChI is InChI=1S/C14H18BrNO3/c15-12-10-11(14(17)18)4-5-13(12)19-9-3-8-16-6-1-2-7-16/h4-5,10H,1-3,6-9H2,(H,17,18). The minimum atomic E-state index is -0.929. The van der Waals surface area contributed by atoms with E-state index in [1.165, 1.54) is 25.9 Å². The fourth-order valence-corrected chi connectivity index (χ4v) is 2.72. The molecule has 0 aliphatic carbocycles. The van der Waals surface area contributed by atoms with E-state index in [-0.39, 0.29) is 5.56 Å². The number of hydrogen-bond donors (Lipinski definition) is 1. The summed E-state index contributed by atoms with van der Waals surface area (Å²) in [6, 6.07) is 4.82. The molecule has 0 saturated carbocycles. The second-order valence-electron chi connectivity index (χ2n) is 4.70. The highest BCUT2D eigenvalue weighted by Gasteiger charge is 2.11. The minimum absolute atomic E-state index is 0.260. The van der Waals surface area contributed by atoms with Gasteiger partial charge in [0.2, 0.25) is 0 Å². The number of aromatic carboxylic acids is 1. The number of carbonyl (C=O) groups is 1. The Kier molecular flexibility index (Phi) is 5.22. The highest BCUT2D eigenvalue weighted by Crippen LogP contribution is 2.26. The van der Waals surface area contributed by atoms with Gasteiger partial charge in [-0.1, -0.05) is 0 Å². The van der Waals surface area contributed by atoms with Gasteiger partial charge in [-0.15, -0.1) is 0 Å². The molecule has 1 saturated heterocycles. The molecule has 0 atom stereocenters. The first-order valence-corrected chi connectivity index (χ1v) is 7.34. The Morgan fingerprint density at radius 2 is 2.11 bits per heavy atom. The maximum atomic E-state index is 10.8. The van der Waals surface area contributed by atoms with Crippen LogP contribution in [-0.2, 0) is 0 Å². The Labute approximate surface area is 121 Å². The molecule has 1 aromatic rings. The number of carboxylic acids is 1. The first-order chi connectivity index (χ1) is 9.16. The molecule has 0 aromatic heterocycles. The Balaban J connectivity index is 1.77. The van der Waals surface area contributed by atoms with Crippen LogP contribution in [0.1, 0.15) is 29.6 Å². The van der Waals surface area contributed by atoms with Crippen molar-refractivity contribution in [2.45, 2.75) is 19.3 Å². The van der Waals surface area contributed by atoms with Gasteiger partial charge in [-0.25, -0.2) is 4.79 Å². The monoisotopic (exact) mass is 327 g/mol. The van der Waals surface area contributed by atoms with Gasteiger partial charge in [-0.05, 0) is 66.5 Å². The molecule has 1 aliphatic rings. The maximum absolute atomic E-state index is 10.8. The van der Waals surface area contributed by atoms with Crippen LogP contribution in [0.4, 0.5) is 0 Å². The van der Waals surface area contributed by atoms with Crippen molar-refractivity contribution in [3.8, 4) is 5.75 Å². The summed E-state index contributed by atoms with van der Waals surface area (Å²) in [6.07, 6.45) is 3.61.